The number of aromatic amines is 1. The van der Waals surface area contributed by atoms with E-state index in [2.05, 4.69) is 15.0 Å². The van der Waals surface area contributed by atoms with Crippen molar-refractivity contribution in [1.82, 2.24) is 15.0 Å². The van der Waals surface area contributed by atoms with Crippen LogP contribution < -0.4 is 11.3 Å². The lowest BCUT2D eigenvalue weighted by molar-refractivity contribution is 1.19. The van der Waals surface area contributed by atoms with Crippen LogP contribution in [-0.4, -0.2) is 15.0 Å². The van der Waals surface area contributed by atoms with Crippen LogP contribution in [0, 0.1) is 6.92 Å². The van der Waals surface area contributed by atoms with Crippen molar-refractivity contribution in [1.29, 1.82) is 0 Å². The molecule has 3 N–H and O–H groups in total. The average Bonchev–Trinajstić information content (AvgIpc) is 2.67. The number of rotatable bonds is 1. The van der Waals surface area contributed by atoms with Crippen LogP contribution in [0.1, 0.15) is 5.56 Å². The maximum Gasteiger partial charge on any atom is 0.261 e. The minimum Gasteiger partial charge on any atom is -0.369 e. The molecule has 3 aromatic rings. The molecule has 3 aromatic heterocycles. The van der Waals surface area contributed by atoms with Crippen LogP contribution in [0.2, 0.25) is 0 Å². The number of nitrogen functional groups attached to an aromatic ring is 1. The second kappa shape index (κ2) is 3.92. The van der Waals surface area contributed by atoms with Gasteiger partial charge in [0.25, 0.3) is 5.56 Å². The SMILES string of the molecule is Cc1c(-c2cccnc2)sc2nc(N)[nH]c(=O)c12. The quantitative estimate of drug-likeness (QED) is 0.698. The number of aromatic nitrogens is 3. The summed E-state index contributed by atoms with van der Waals surface area (Å²) in [5, 5.41) is 0.605. The van der Waals surface area contributed by atoms with Crippen LogP contribution in [0.15, 0.2) is 29.3 Å². The zero-order valence-corrected chi connectivity index (χ0v) is 10.4. The molecule has 18 heavy (non-hydrogen) atoms. The molecule has 5 nitrogen and oxygen atoms in total. The monoisotopic (exact) mass is 258 g/mol. The van der Waals surface area contributed by atoms with Gasteiger partial charge in [-0.15, -0.1) is 11.3 Å². The minimum absolute atomic E-state index is 0.145. The van der Waals surface area contributed by atoms with E-state index in [1.54, 1.807) is 12.4 Å². The lowest BCUT2D eigenvalue weighted by Gasteiger charge is -1.97. The van der Waals surface area contributed by atoms with Gasteiger partial charge in [0.05, 0.1) is 5.39 Å². The number of H-pyrrole nitrogens is 1. The number of pyridine rings is 1. The van der Waals surface area contributed by atoms with Gasteiger partial charge in [0, 0.05) is 22.8 Å². The van der Waals surface area contributed by atoms with Crippen LogP contribution >= 0.6 is 11.3 Å². The Bertz CT molecular complexity index is 776. The fourth-order valence-electron chi connectivity index (χ4n) is 1.93. The van der Waals surface area contributed by atoms with Crippen molar-refractivity contribution < 1.29 is 0 Å². The van der Waals surface area contributed by atoms with Crippen LogP contribution in [0.3, 0.4) is 0 Å². The van der Waals surface area contributed by atoms with Gasteiger partial charge in [-0.3, -0.25) is 14.8 Å². The van der Waals surface area contributed by atoms with E-state index >= 15 is 0 Å². The summed E-state index contributed by atoms with van der Waals surface area (Å²) in [6.45, 7) is 1.91. The fraction of sp³-hybridized carbons (Fsp3) is 0.0833. The number of nitrogens with zero attached hydrogens (tertiary/aromatic N) is 2. The van der Waals surface area contributed by atoms with Crippen molar-refractivity contribution in [2.24, 2.45) is 0 Å². The molecular formula is C12H10N4OS. The number of hydrogen-bond acceptors (Lipinski definition) is 5. The van der Waals surface area contributed by atoms with Gasteiger partial charge >= 0.3 is 0 Å². The summed E-state index contributed by atoms with van der Waals surface area (Å²) in [4.78, 5) is 24.3. The van der Waals surface area contributed by atoms with Crippen LogP contribution in [0.5, 0.6) is 0 Å². The Morgan fingerprint density at radius 1 is 1.44 bits per heavy atom. The molecule has 0 fully saturated rings. The number of thiophene rings is 1. The van der Waals surface area contributed by atoms with E-state index in [0.29, 0.717) is 10.2 Å². The maximum absolute atomic E-state index is 11.9. The third-order valence-corrected chi connectivity index (χ3v) is 3.98. The molecule has 0 atom stereocenters. The van der Waals surface area contributed by atoms with E-state index in [1.807, 2.05) is 19.1 Å². The molecular weight excluding hydrogens is 248 g/mol. The van der Waals surface area contributed by atoms with E-state index in [1.165, 1.54) is 11.3 Å². The van der Waals surface area contributed by atoms with Gasteiger partial charge in [0.2, 0.25) is 5.95 Å². The molecule has 0 saturated heterocycles. The molecule has 0 aliphatic carbocycles. The molecule has 0 radical (unpaired) electrons. The van der Waals surface area contributed by atoms with Crippen LogP contribution in [0.25, 0.3) is 20.7 Å². The molecule has 6 heteroatoms. The summed E-state index contributed by atoms with van der Waals surface area (Å²) < 4.78 is 0. The van der Waals surface area contributed by atoms with Gasteiger partial charge < -0.3 is 5.73 Å². The molecule has 0 bridgehead atoms. The average molecular weight is 258 g/mol. The topological polar surface area (TPSA) is 84.7 Å². The van der Waals surface area contributed by atoms with Gasteiger partial charge in [-0.2, -0.15) is 0 Å². The third kappa shape index (κ3) is 1.58. The number of fused-ring (bicyclic) bond motifs is 1. The standard InChI is InChI=1S/C12H10N4OS/c1-6-8-10(17)15-12(13)16-11(8)18-9(6)7-3-2-4-14-5-7/h2-5H,1H3,(H3,13,15,16,17). The molecule has 0 saturated carbocycles. The van der Waals surface area contributed by atoms with Crippen molar-refractivity contribution >= 4 is 27.5 Å². The lowest BCUT2D eigenvalue weighted by Crippen LogP contribution is -2.10. The molecule has 3 rings (SSSR count). The molecule has 0 amide bonds. The van der Waals surface area contributed by atoms with E-state index in [0.717, 1.165) is 16.0 Å². The molecule has 3 heterocycles. The first kappa shape index (κ1) is 10.9. The zero-order valence-electron chi connectivity index (χ0n) is 9.60. The Balaban J connectivity index is 2.37. The minimum atomic E-state index is -0.193. The first-order valence-corrected chi connectivity index (χ1v) is 6.18. The second-order valence-corrected chi connectivity index (χ2v) is 4.93. The van der Waals surface area contributed by atoms with Gasteiger partial charge in [0.1, 0.15) is 4.83 Å². The predicted octanol–water partition coefficient (Wildman–Crippen LogP) is 1.94. The Kier molecular flexibility index (Phi) is 2.38. The van der Waals surface area contributed by atoms with Crippen molar-refractivity contribution in [2.75, 3.05) is 5.73 Å². The van der Waals surface area contributed by atoms with Gasteiger partial charge in [-0.1, -0.05) is 6.07 Å². The molecule has 0 aromatic carbocycles. The van der Waals surface area contributed by atoms with Crippen molar-refractivity contribution in [3.8, 4) is 10.4 Å². The number of nitrogens with one attached hydrogen (secondary N) is 1. The highest BCUT2D eigenvalue weighted by atomic mass is 32.1. The summed E-state index contributed by atoms with van der Waals surface area (Å²) in [7, 11) is 0. The van der Waals surface area contributed by atoms with Crippen LogP contribution in [-0.2, 0) is 0 Å². The highest BCUT2D eigenvalue weighted by Crippen LogP contribution is 2.35. The van der Waals surface area contributed by atoms with Gasteiger partial charge in [-0.25, -0.2) is 4.98 Å². The molecule has 0 aliphatic heterocycles. The zero-order chi connectivity index (χ0) is 12.7. The van der Waals surface area contributed by atoms with Gasteiger partial charge in [-0.05, 0) is 18.6 Å². The first-order chi connectivity index (χ1) is 8.66. The molecule has 0 unspecified atom stereocenters. The maximum atomic E-state index is 11.9. The third-order valence-electron chi connectivity index (χ3n) is 2.74. The van der Waals surface area contributed by atoms with Gasteiger partial charge in [0.15, 0.2) is 0 Å². The fourth-order valence-corrected chi connectivity index (χ4v) is 3.11. The van der Waals surface area contributed by atoms with E-state index in [9.17, 15) is 4.79 Å². The predicted molar refractivity (Wildman–Crippen MR) is 72.6 cm³/mol. The summed E-state index contributed by atoms with van der Waals surface area (Å²) >= 11 is 1.45. The van der Waals surface area contributed by atoms with Crippen molar-refractivity contribution in [2.45, 2.75) is 6.92 Å². The largest absolute Gasteiger partial charge is 0.369 e. The van der Waals surface area contributed by atoms with E-state index in [-0.39, 0.29) is 11.5 Å². The Labute approximate surface area is 106 Å². The smallest absolute Gasteiger partial charge is 0.261 e. The second-order valence-electron chi connectivity index (χ2n) is 3.93. The van der Waals surface area contributed by atoms with Crippen molar-refractivity contribution in [3.05, 3.63) is 40.4 Å². The van der Waals surface area contributed by atoms with E-state index < -0.39 is 0 Å². The Morgan fingerprint density at radius 3 is 3.00 bits per heavy atom. The Hall–Kier alpha value is -2.21. The number of anilines is 1. The molecule has 0 aliphatic rings. The lowest BCUT2D eigenvalue weighted by atomic mass is 10.1. The summed E-state index contributed by atoms with van der Waals surface area (Å²) in [5.74, 6) is 0.145. The molecule has 90 valence electrons. The highest BCUT2D eigenvalue weighted by molar-refractivity contribution is 7.22. The van der Waals surface area contributed by atoms with E-state index in [4.69, 9.17) is 5.73 Å². The first-order valence-electron chi connectivity index (χ1n) is 5.36. The number of nitrogens with two attached hydrogens (primary N) is 1. The normalized spacial score (nSPS) is 10.9. The highest BCUT2D eigenvalue weighted by Gasteiger charge is 2.14. The summed E-state index contributed by atoms with van der Waals surface area (Å²) in [6, 6.07) is 3.83. The summed E-state index contributed by atoms with van der Waals surface area (Å²) in [5.41, 5.74) is 7.25. The number of hydrogen-bond donors (Lipinski definition) is 2. The van der Waals surface area contributed by atoms with Crippen molar-refractivity contribution in [3.63, 3.8) is 0 Å². The van der Waals surface area contributed by atoms with Crippen LogP contribution in [0.4, 0.5) is 5.95 Å². The molecule has 0 spiro atoms. The Morgan fingerprint density at radius 2 is 2.28 bits per heavy atom. The number of aryl methyl sites for hydroxylation is 1. The summed E-state index contributed by atoms with van der Waals surface area (Å²) in [6.07, 6.45) is 3.49.